The molecule has 0 unspecified atom stereocenters. The van der Waals surface area contributed by atoms with Gasteiger partial charge in [-0.2, -0.15) is 9.97 Å². The van der Waals surface area contributed by atoms with Gasteiger partial charge in [0.2, 0.25) is 6.43 Å². The van der Waals surface area contributed by atoms with Gasteiger partial charge in [0.05, 0.1) is 17.6 Å². The van der Waals surface area contributed by atoms with Gasteiger partial charge < -0.3 is 19.6 Å². The number of anilines is 1. The highest BCUT2D eigenvalue weighted by atomic mass is 19.3. The van der Waals surface area contributed by atoms with E-state index in [9.17, 15) is 18.3 Å². The molecule has 4 aromatic rings. The number of likely N-dealkylation sites (tertiary alicyclic amines) is 1. The Labute approximate surface area is 271 Å². The molecule has 0 radical (unpaired) electrons. The number of alkyl halides is 2. The number of phenolic OH excluding ortho intramolecular Hbond substituents is 1. The van der Waals surface area contributed by atoms with Gasteiger partial charge in [-0.3, -0.25) is 4.98 Å². The van der Waals surface area contributed by atoms with E-state index in [-0.39, 0.29) is 57.2 Å². The minimum Gasteiger partial charge on any atom is -0.508 e. The fourth-order valence-corrected chi connectivity index (χ4v) is 8.35. The Balaban J connectivity index is 1.36. The normalized spacial score (nSPS) is 23.4. The van der Waals surface area contributed by atoms with E-state index in [2.05, 4.69) is 27.8 Å². The lowest BCUT2D eigenvalue weighted by Crippen LogP contribution is -2.50. The van der Waals surface area contributed by atoms with Crippen LogP contribution in [0.1, 0.15) is 56.9 Å². The van der Waals surface area contributed by atoms with Crippen molar-refractivity contribution in [1.82, 2.24) is 19.9 Å². The second kappa shape index (κ2) is 12.5. The predicted molar refractivity (Wildman–Crippen MR) is 173 cm³/mol. The van der Waals surface area contributed by atoms with Gasteiger partial charge in [0, 0.05) is 48.1 Å². The molecule has 1 N–H and O–H groups in total. The van der Waals surface area contributed by atoms with Gasteiger partial charge >= 0.3 is 6.01 Å². The molecule has 7 rings (SSSR count). The Bertz CT molecular complexity index is 1880. The van der Waals surface area contributed by atoms with Crippen molar-refractivity contribution in [2.75, 3.05) is 38.2 Å². The first-order chi connectivity index (χ1) is 22.7. The van der Waals surface area contributed by atoms with Crippen molar-refractivity contribution in [3.63, 3.8) is 0 Å². The van der Waals surface area contributed by atoms with Gasteiger partial charge in [0.15, 0.2) is 5.82 Å². The zero-order valence-electron chi connectivity index (χ0n) is 26.3. The van der Waals surface area contributed by atoms with Crippen molar-refractivity contribution < 1.29 is 27.4 Å². The maximum atomic E-state index is 16.8. The number of nitrogens with zero attached hydrogens (tertiary/aromatic N) is 5. The fraction of sp³-hybridized carbons (Fsp3) is 0.472. The smallest absolute Gasteiger partial charge is 0.319 e. The molecule has 1 aliphatic carbocycles. The van der Waals surface area contributed by atoms with Crippen LogP contribution in [0.4, 0.5) is 23.4 Å². The van der Waals surface area contributed by atoms with E-state index in [1.807, 2.05) is 4.90 Å². The number of piperidine rings is 2. The average Bonchev–Trinajstić information content (AvgIpc) is 3.49. The molecule has 7 nitrogen and oxygen atoms in total. The number of phenols is 1. The Morgan fingerprint density at radius 1 is 1.11 bits per heavy atom. The molecule has 0 amide bonds. The molecule has 2 aliphatic heterocycles. The summed E-state index contributed by atoms with van der Waals surface area (Å²) in [5.74, 6) is 0.841. The Morgan fingerprint density at radius 2 is 1.94 bits per heavy atom. The molecule has 3 atom stereocenters. The minimum atomic E-state index is -2.43. The van der Waals surface area contributed by atoms with Crippen LogP contribution in [0.2, 0.25) is 0 Å². The number of pyridine rings is 1. The molecule has 3 fully saturated rings. The highest BCUT2D eigenvalue weighted by molar-refractivity contribution is 6.03. The van der Waals surface area contributed by atoms with Crippen LogP contribution >= 0.6 is 0 Å². The summed E-state index contributed by atoms with van der Waals surface area (Å²) < 4.78 is 64.8. The standard InChI is InChI=1S/C36H37F4N5O2/c1-3-24-27(37)10-9-22-16-23(46)17-25(30(22)24)32-31(40)33-26(18-41-32)34(45-14-5-7-21(19-45)15-29(38)39)43-35(42-33)47-20-36-11-4-8-28(36)44(2)13-6-12-36/h1,9-10,16-18,21,28-29,46H,4-8,11-15,19-20H2,2H3/t21-,28+,36+/m0/s1. The van der Waals surface area contributed by atoms with E-state index in [0.29, 0.717) is 55.2 Å². The van der Waals surface area contributed by atoms with Crippen molar-refractivity contribution >= 4 is 27.5 Å². The molecule has 2 saturated heterocycles. The SMILES string of the molecule is C#Cc1c(F)ccc2cc(O)cc(-c3ncc4c(N5CCC[C@@H](CC(F)F)C5)nc(OC[C@]56CCC[C@H]5N(C)CCC6)nc4c3F)c12. The number of rotatable bonds is 7. The Kier molecular flexibility index (Phi) is 8.33. The van der Waals surface area contributed by atoms with Crippen molar-refractivity contribution in [1.29, 1.82) is 0 Å². The first kappa shape index (κ1) is 31.4. The highest BCUT2D eigenvalue weighted by Gasteiger charge is 2.47. The third-order valence-electron chi connectivity index (χ3n) is 10.5. The summed E-state index contributed by atoms with van der Waals surface area (Å²) in [6, 6.07) is 5.78. The minimum absolute atomic E-state index is 0.00362. The third kappa shape index (κ3) is 5.71. The summed E-state index contributed by atoms with van der Waals surface area (Å²) in [6.07, 6.45) is 11.1. The molecule has 4 heterocycles. The average molecular weight is 648 g/mol. The molecular weight excluding hydrogens is 610 g/mol. The number of halogens is 4. The van der Waals surface area contributed by atoms with Crippen LogP contribution in [-0.4, -0.2) is 70.7 Å². The van der Waals surface area contributed by atoms with Crippen molar-refractivity contribution in [3.8, 4) is 35.4 Å². The Hall–Kier alpha value is -4.17. The topological polar surface area (TPSA) is 74.6 Å². The maximum absolute atomic E-state index is 16.8. The molecule has 246 valence electrons. The van der Waals surface area contributed by atoms with Gasteiger partial charge in [0.1, 0.15) is 28.6 Å². The van der Waals surface area contributed by atoms with Gasteiger partial charge in [-0.15, -0.1) is 6.42 Å². The van der Waals surface area contributed by atoms with E-state index in [1.165, 1.54) is 30.5 Å². The summed E-state index contributed by atoms with van der Waals surface area (Å²) in [5.41, 5.74) is -0.261. The highest BCUT2D eigenvalue weighted by Crippen LogP contribution is 2.47. The van der Waals surface area contributed by atoms with Gasteiger partial charge in [-0.25, -0.2) is 17.6 Å². The number of fused-ring (bicyclic) bond motifs is 3. The molecule has 2 aromatic carbocycles. The maximum Gasteiger partial charge on any atom is 0.319 e. The Morgan fingerprint density at radius 3 is 2.74 bits per heavy atom. The molecular formula is C36H37F4N5O2. The number of hydrogen-bond donors (Lipinski definition) is 1. The number of aromatic nitrogens is 3. The second-order valence-electron chi connectivity index (χ2n) is 13.4. The summed E-state index contributed by atoms with van der Waals surface area (Å²) >= 11 is 0. The molecule has 2 aromatic heterocycles. The van der Waals surface area contributed by atoms with E-state index < -0.39 is 18.1 Å². The van der Waals surface area contributed by atoms with Crippen molar-refractivity contribution in [2.45, 2.75) is 63.8 Å². The predicted octanol–water partition coefficient (Wildman–Crippen LogP) is 7.33. The molecule has 0 bridgehead atoms. The number of terminal acetylenes is 1. The zero-order chi connectivity index (χ0) is 32.9. The second-order valence-corrected chi connectivity index (χ2v) is 13.4. The zero-order valence-corrected chi connectivity index (χ0v) is 26.3. The van der Waals surface area contributed by atoms with Crippen LogP contribution in [0.25, 0.3) is 32.9 Å². The van der Waals surface area contributed by atoms with Gasteiger partial charge in [0.25, 0.3) is 0 Å². The van der Waals surface area contributed by atoms with Crippen LogP contribution < -0.4 is 9.64 Å². The quantitative estimate of drug-likeness (QED) is 0.166. The van der Waals surface area contributed by atoms with Gasteiger partial charge in [-0.1, -0.05) is 18.4 Å². The first-order valence-electron chi connectivity index (χ1n) is 16.3. The molecule has 0 spiro atoms. The number of hydrogen-bond acceptors (Lipinski definition) is 7. The molecule has 47 heavy (non-hydrogen) atoms. The van der Waals surface area contributed by atoms with Crippen molar-refractivity contribution in [3.05, 3.63) is 47.7 Å². The number of ether oxygens (including phenoxy) is 1. The largest absolute Gasteiger partial charge is 0.508 e. The lowest BCUT2D eigenvalue weighted by molar-refractivity contribution is 0.0133. The van der Waals surface area contributed by atoms with Crippen LogP contribution in [0.5, 0.6) is 11.8 Å². The third-order valence-corrected chi connectivity index (χ3v) is 10.5. The van der Waals surface area contributed by atoms with Crippen LogP contribution in [0.3, 0.4) is 0 Å². The fourth-order valence-electron chi connectivity index (χ4n) is 8.35. The van der Waals surface area contributed by atoms with Crippen LogP contribution in [0.15, 0.2) is 30.5 Å². The molecule has 1 saturated carbocycles. The summed E-state index contributed by atoms with van der Waals surface area (Å²) in [7, 11) is 2.15. The van der Waals surface area contributed by atoms with E-state index in [4.69, 9.17) is 16.1 Å². The number of benzene rings is 2. The van der Waals surface area contributed by atoms with Crippen molar-refractivity contribution in [2.24, 2.45) is 11.3 Å². The summed E-state index contributed by atoms with van der Waals surface area (Å²) in [4.78, 5) is 18.1. The lowest BCUT2D eigenvalue weighted by atomic mass is 9.76. The summed E-state index contributed by atoms with van der Waals surface area (Å²) in [6.45, 7) is 2.29. The van der Waals surface area contributed by atoms with E-state index in [0.717, 1.165) is 38.6 Å². The number of aromatic hydroxyl groups is 1. The van der Waals surface area contributed by atoms with Gasteiger partial charge in [-0.05, 0) is 81.6 Å². The lowest BCUT2D eigenvalue weighted by Gasteiger charge is -2.44. The van der Waals surface area contributed by atoms with Crippen LogP contribution in [0, 0.1) is 35.3 Å². The first-order valence-corrected chi connectivity index (χ1v) is 16.3. The van der Waals surface area contributed by atoms with E-state index >= 15 is 4.39 Å². The molecule has 11 heteroatoms. The van der Waals surface area contributed by atoms with E-state index in [1.54, 1.807) is 0 Å². The summed E-state index contributed by atoms with van der Waals surface area (Å²) in [5, 5.41) is 11.5. The van der Waals surface area contributed by atoms with Crippen LogP contribution in [-0.2, 0) is 0 Å². The molecule has 3 aliphatic rings. The monoisotopic (exact) mass is 647 g/mol.